The van der Waals surface area contributed by atoms with Crippen molar-refractivity contribution in [2.45, 2.75) is 11.4 Å². The minimum absolute atomic E-state index is 0.766. The van der Waals surface area contributed by atoms with Crippen molar-refractivity contribution in [3.05, 3.63) is 5.53 Å². The molecule has 0 amide bonds. The summed E-state index contributed by atoms with van der Waals surface area (Å²) >= 11 is -0.766. The molecule has 0 saturated carbocycles. The van der Waals surface area contributed by atoms with E-state index in [9.17, 15) is 0 Å². The molecule has 0 fully saturated rings. The summed E-state index contributed by atoms with van der Waals surface area (Å²) in [6.45, 7) is 0. The Morgan fingerprint density at radius 1 is 1.67 bits per heavy atom. The van der Waals surface area contributed by atoms with Crippen molar-refractivity contribution < 1.29 is 4.79 Å². The molecule has 0 atom stereocenters. The molecule has 0 aliphatic carbocycles. The first-order chi connectivity index (χ1) is 2.77. The molecular weight excluding hydrogens is 139 g/mol. The minimum atomic E-state index is -0.766. The van der Waals surface area contributed by atoms with E-state index in [4.69, 9.17) is 5.53 Å². The van der Waals surface area contributed by atoms with Gasteiger partial charge in [0.25, 0.3) is 0 Å². The molecule has 3 heteroatoms. The number of nitrogens with zero attached hydrogens (tertiary/aromatic N) is 2. The van der Waals surface area contributed by atoms with Gasteiger partial charge in [0.1, 0.15) is 0 Å². The molecule has 0 heterocycles. The van der Waals surface area contributed by atoms with Crippen molar-refractivity contribution in [2.75, 3.05) is 0 Å². The molecule has 0 aromatic carbocycles. The summed E-state index contributed by atoms with van der Waals surface area (Å²) in [7, 11) is 0. The summed E-state index contributed by atoms with van der Waals surface area (Å²) < 4.78 is 0. The molecule has 0 N–H and O–H groups in total. The third kappa shape index (κ3) is 3.94. The molecular formula is C3H7AsN2. The Morgan fingerprint density at radius 3 is 2.17 bits per heavy atom. The van der Waals surface area contributed by atoms with E-state index in [1.807, 2.05) is 0 Å². The van der Waals surface area contributed by atoms with E-state index in [1.54, 1.807) is 5.00 Å². The van der Waals surface area contributed by atoms with Crippen LogP contribution in [0.4, 0.5) is 0 Å². The van der Waals surface area contributed by atoms with Crippen LogP contribution in [0.3, 0.4) is 0 Å². The van der Waals surface area contributed by atoms with Gasteiger partial charge in [0.05, 0.1) is 0 Å². The summed E-state index contributed by atoms with van der Waals surface area (Å²) in [6.07, 6.45) is 0. The molecule has 0 aromatic heterocycles. The SMILES string of the molecule is C[As](C)C=[N+]=[N-]. The van der Waals surface area contributed by atoms with Crippen LogP contribution < -0.4 is 0 Å². The van der Waals surface area contributed by atoms with Crippen molar-refractivity contribution in [2.24, 2.45) is 0 Å². The van der Waals surface area contributed by atoms with Crippen LogP contribution in [0.1, 0.15) is 0 Å². The van der Waals surface area contributed by atoms with Crippen molar-refractivity contribution >= 4 is 19.7 Å². The Balaban J connectivity index is 3.29. The number of rotatable bonds is 1. The van der Waals surface area contributed by atoms with Gasteiger partial charge < -0.3 is 0 Å². The molecule has 0 spiro atoms. The molecule has 0 radical (unpaired) electrons. The molecule has 6 heavy (non-hydrogen) atoms. The van der Waals surface area contributed by atoms with Crippen LogP contribution in [0.15, 0.2) is 0 Å². The zero-order chi connectivity index (χ0) is 4.99. The molecule has 0 bridgehead atoms. The quantitative estimate of drug-likeness (QED) is 0.224. The van der Waals surface area contributed by atoms with Gasteiger partial charge in [-0.2, -0.15) is 0 Å². The van der Waals surface area contributed by atoms with E-state index in [-0.39, 0.29) is 0 Å². The van der Waals surface area contributed by atoms with Crippen LogP contribution in [0.2, 0.25) is 11.4 Å². The van der Waals surface area contributed by atoms with Gasteiger partial charge >= 0.3 is 41.4 Å². The maximum absolute atomic E-state index is 7.84. The maximum atomic E-state index is 7.84. The molecule has 0 saturated heterocycles. The summed E-state index contributed by atoms with van der Waals surface area (Å²) in [6, 6.07) is 0. The Morgan fingerprint density at radius 2 is 2.17 bits per heavy atom. The van der Waals surface area contributed by atoms with Gasteiger partial charge in [0.2, 0.25) is 0 Å². The fourth-order valence-corrected chi connectivity index (χ4v) is 0.537. The Kier molecular flexibility index (Phi) is 3.11. The first-order valence-electron chi connectivity index (χ1n) is 1.61. The fourth-order valence-electron chi connectivity index (χ4n) is 0.103. The van der Waals surface area contributed by atoms with Gasteiger partial charge in [-0.15, -0.1) is 0 Å². The summed E-state index contributed by atoms with van der Waals surface area (Å²) in [5.41, 5.74) is 12.0. The topological polar surface area (TPSA) is 36.4 Å². The molecule has 0 aromatic rings. The zero-order valence-corrected chi connectivity index (χ0v) is 5.80. The molecule has 2 nitrogen and oxygen atoms in total. The van der Waals surface area contributed by atoms with Crippen LogP contribution >= 0.6 is 0 Å². The van der Waals surface area contributed by atoms with Crippen molar-refractivity contribution in [3.63, 3.8) is 0 Å². The van der Waals surface area contributed by atoms with E-state index in [2.05, 4.69) is 16.2 Å². The zero-order valence-electron chi connectivity index (χ0n) is 3.92. The second-order valence-corrected chi connectivity index (χ2v) is 5.72. The van der Waals surface area contributed by atoms with E-state index in [0.29, 0.717) is 0 Å². The molecule has 0 aliphatic rings. The summed E-state index contributed by atoms with van der Waals surface area (Å²) in [5, 5.41) is 1.62. The first-order valence-corrected chi connectivity index (χ1v) is 6.45. The third-order valence-electron chi connectivity index (χ3n) is 0.283. The van der Waals surface area contributed by atoms with Crippen molar-refractivity contribution in [3.8, 4) is 0 Å². The predicted molar refractivity (Wildman–Crippen MR) is 27.2 cm³/mol. The Hall–Kier alpha value is -0.0616. The third-order valence-corrected chi connectivity index (χ3v) is 1.47. The standard InChI is InChI=1S/C3H7AsN2/c1-4(2)3-6-5/h3H,1-2H3. The van der Waals surface area contributed by atoms with Gasteiger partial charge in [-0.1, -0.05) is 0 Å². The van der Waals surface area contributed by atoms with Crippen molar-refractivity contribution in [1.82, 2.24) is 0 Å². The van der Waals surface area contributed by atoms with Crippen LogP contribution in [0.5, 0.6) is 0 Å². The molecule has 0 rings (SSSR count). The van der Waals surface area contributed by atoms with E-state index >= 15 is 0 Å². The Bertz CT molecular complexity index is 72.9. The Labute approximate surface area is 42.1 Å². The summed E-state index contributed by atoms with van der Waals surface area (Å²) in [5.74, 6) is 0. The van der Waals surface area contributed by atoms with Crippen LogP contribution in [-0.4, -0.2) is 24.4 Å². The molecule has 34 valence electrons. The van der Waals surface area contributed by atoms with Crippen molar-refractivity contribution in [1.29, 1.82) is 0 Å². The van der Waals surface area contributed by atoms with E-state index < -0.39 is 14.7 Å². The van der Waals surface area contributed by atoms with Crippen LogP contribution in [-0.2, 0) is 0 Å². The monoisotopic (exact) mass is 146 g/mol. The molecule has 0 aliphatic heterocycles. The van der Waals surface area contributed by atoms with Gasteiger partial charge in [-0.3, -0.25) is 0 Å². The van der Waals surface area contributed by atoms with Gasteiger partial charge in [0.15, 0.2) is 0 Å². The second-order valence-electron chi connectivity index (χ2n) is 1.19. The van der Waals surface area contributed by atoms with E-state index in [0.717, 1.165) is 0 Å². The normalized spacial score (nSPS) is 7.83. The van der Waals surface area contributed by atoms with Crippen LogP contribution in [0, 0.1) is 0 Å². The van der Waals surface area contributed by atoms with E-state index in [1.165, 1.54) is 0 Å². The summed E-state index contributed by atoms with van der Waals surface area (Å²) in [4.78, 5) is 2.88. The van der Waals surface area contributed by atoms with Gasteiger partial charge in [0, 0.05) is 0 Å². The fraction of sp³-hybridized carbons (Fsp3) is 0.667. The molecule has 0 unspecified atom stereocenters. The van der Waals surface area contributed by atoms with Crippen LogP contribution in [0.25, 0.3) is 5.53 Å². The average molecular weight is 146 g/mol. The predicted octanol–water partition coefficient (Wildman–Crippen LogP) is 0.581. The first kappa shape index (κ1) is 5.94. The van der Waals surface area contributed by atoms with Gasteiger partial charge in [-0.25, -0.2) is 0 Å². The second kappa shape index (κ2) is 3.14. The number of hydrogen-bond acceptors (Lipinski definition) is 0. The van der Waals surface area contributed by atoms with Gasteiger partial charge in [-0.05, 0) is 0 Å². The average Bonchev–Trinajstić information content (AvgIpc) is 1.35. The number of hydrogen-bond donors (Lipinski definition) is 0.